The zero-order valence-corrected chi connectivity index (χ0v) is 21.6. The van der Waals surface area contributed by atoms with Crippen LogP contribution in [0.1, 0.15) is 65.5 Å². The van der Waals surface area contributed by atoms with Gasteiger partial charge in [0.2, 0.25) is 0 Å². The molecule has 3 rings (SSSR count). The fourth-order valence-electron chi connectivity index (χ4n) is 4.42. The Bertz CT molecular complexity index is 985. The number of ether oxygens (including phenoxy) is 1. The molecule has 0 atom stereocenters. The second-order valence-electron chi connectivity index (χ2n) is 11.5. The van der Waals surface area contributed by atoms with Crippen molar-refractivity contribution in [1.82, 2.24) is 4.90 Å². The van der Waals surface area contributed by atoms with Crippen molar-refractivity contribution in [2.45, 2.75) is 78.1 Å². The van der Waals surface area contributed by atoms with Gasteiger partial charge in [0.05, 0.1) is 17.2 Å². The smallest absolute Gasteiger partial charge is 0.407 e. The van der Waals surface area contributed by atoms with E-state index in [0.29, 0.717) is 37.2 Å². The summed E-state index contributed by atoms with van der Waals surface area (Å²) in [5.41, 5.74) is 1.55. The summed E-state index contributed by atoms with van der Waals surface area (Å²) in [6, 6.07) is 7.73. The van der Waals surface area contributed by atoms with Crippen LogP contribution in [-0.2, 0) is 4.43 Å². The first-order chi connectivity index (χ1) is 14.6. The molecule has 32 heavy (non-hydrogen) atoms. The fraction of sp³-hybridized carbons (Fsp3) is 0.600. The number of nitriles is 1. The number of rotatable bonds is 2. The molecule has 0 saturated carbocycles. The first kappa shape index (κ1) is 24.2. The minimum Gasteiger partial charge on any atom is -0.543 e. The summed E-state index contributed by atoms with van der Waals surface area (Å²) in [4.78, 5) is 13.0. The van der Waals surface area contributed by atoms with Crippen LogP contribution in [0.2, 0.25) is 18.1 Å². The molecule has 7 heteroatoms. The van der Waals surface area contributed by atoms with E-state index in [2.05, 4.69) is 60.7 Å². The summed E-state index contributed by atoms with van der Waals surface area (Å²) in [5, 5.41) is 19.0. The summed E-state index contributed by atoms with van der Waals surface area (Å²) >= 11 is 0. The number of hydrogen-bond acceptors (Lipinski definition) is 4. The molecule has 0 aliphatic carbocycles. The Morgan fingerprint density at radius 3 is 2.25 bits per heavy atom. The Balaban J connectivity index is 2.26. The van der Waals surface area contributed by atoms with Crippen LogP contribution in [0.25, 0.3) is 5.76 Å². The standard InChI is InChI=1S/C25H36N2O4Si/c1-23(2,3)21-20(31-32(7,8)24(4,5)6)18-15-17(16-26)9-10-19(18)30-25(21)11-13-27(14-12-25)22(28)29/h9-10,15H,11-14H2,1-8H3,(H,28,29). The Morgan fingerprint density at radius 2 is 1.78 bits per heavy atom. The van der Waals surface area contributed by atoms with Crippen molar-refractivity contribution in [3.05, 3.63) is 34.9 Å². The molecule has 2 aliphatic rings. The molecule has 1 aromatic carbocycles. The van der Waals surface area contributed by atoms with Gasteiger partial charge in [-0.15, -0.1) is 0 Å². The largest absolute Gasteiger partial charge is 0.543 e. The summed E-state index contributed by atoms with van der Waals surface area (Å²) in [5.74, 6) is 1.53. The van der Waals surface area contributed by atoms with Crippen LogP contribution in [0, 0.1) is 16.7 Å². The van der Waals surface area contributed by atoms with Crippen molar-refractivity contribution in [3.8, 4) is 11.8 Å². The Kier molecular flexibility index (Phi) is 5.93. The van der Waals surface area contributed by atoms with E-state index in [4.69, 9.17) is 9.16 Å². The maximum absolute atomic E-state index is 11.6. The molecule has 2 aliphatic heterocycles. The van der Waals surface area contributed by atoms with Gasteiger partial charge < -0.3 is 19.2 Å². The van der Waals surface area contributed by atoms with E-state index in [0.717, 1.165) is 16.9 Å². The van der Waals surface area contributed by atoms with E-state index < -0.39 is 20.0 Å². The van der Waals surface area contributed by atoms with E-state index >= 15 is 0 Å². The lowest BCUT2D eigenvalue weighted by atomic mass is 9.69. The molecule has 174 valence electrons. The van der Waals surface area contributed by atoms with Crippen LogP contribution in [0.5, 0.6) is 5.75 Å². The van der Waals surface area contributed by atoms with Crippen LogP contribution >= 0.6 is 0 Å². The monoisotopic (exact) mass is 456 g/mol. The van der Waals surface area contributed by atoms with Gasteiger partial charge >= 0.3 is 6.09 Å². The average molecular weight is 457 g/mol. The van der Waals surface area contributed by atoms with Gasteiger partial charge in [0.1, 0.15) is 17.1 Å². The van der Waals surface area contributed by atoms with Crippen molar-refractivity contribution >= 4 is 20.2 Å². The summed E-state index contributed by atoms with van der Waals surface area (Å²) in [6.07, 6.45) is 0.236. The molecular weight excluding hydrogens is 420 g/mol. The number of fused-ring (bicyclic) bond motifs is 1. The highest BCUT2D eigenvalue weighted by Crippen LogP contribution is 2.54. The van der Waals surface area contributed by atoms with E-state index in [1.165, 1.54) is 4.90 Å². The topological polar surface area (TPSA) is 82.8 Å². The summed E-state index contributed by atoms with van der Waals surface area (Å²) in [6.45, 7) is 18.4. The molecule has 1 amide bonds. The van der Waals surface area contributed by atoms with Crippen LogP contribution in [0.4, 0.5) is 4.79 Å². The minimum absolute atomic E-state index is 0.00582. The van der Waals surface area contributed by atoms with Crippen molar-refractivity contribution in [3.63, 3.8) is 0 Å². The molecule has 0 radical (unpaired) electrons. The summed E-state index contributed by atoms with van der Waals surface area (Å²) < 4.78 is 13.7. The normalized spacial score (nSPS) is 18.7. The quantitative estimate of drug-likeness (QED) is 0.532. The molecule has 1 spiro atoms. The number of amides is 1. The Hall–Kier alpha value is -2.46. The average Bonchev–Trinajstić information content (AvgIpc) is 2.66. The fourth-order valence-corrected chi connectivity index (χ4v) is 5.45. The van der Waals surface area contributed by atoms with Gasteiger partial charge in [-0.1, -0.05) is 41.5 Å². The van der Waals surface area contributed by atoms with Crippen molar-refractivity contribution in [1.29, 1.82) is 5.26 Å². The molecule has 1 aromatic rings. The number of carboxylic acid groups (broad SMARTS) is 1. The van der Waals surface area contributed by atoms with Gasteiger partial charge in [-0.3, -0.25) is 0 Å². The zero-order valence-electron chi connectivity index (χ0n) is 20.6. The first-order valence-corrected chi connectivity index (χ1v) is 14.2. The van der Waals surface area contributed by atoms with Gasteiger partial charge in [-0.05, 0) is 41.7 Å². The van der Waals surface area contributed by atoms with Crippen molar-refractivity contribution in [2.75, 3.05) is 13.1 Å². The predicted molar refractivity (Wildman–Crippen MR) is 128 cm³/mol. The van der Waals surface area contributed by atoms with Gasteiger partial charge in [0, 0.05) is 31.5 Å². The Morgan fingerprint density at radius 1 is 1.19 bits per heavy atom. The second kappa shape index (κ2) is 7.84. The number of hydrogen-bond donors (Lipinski definition) is 1. The molecule has 6 nitrogen and oxygen atoms in total. The highest BCUT2D eigenvalue weighted by atomic mass is 28.4. The highest BCUT2D eigenvalue weighted by Gasteiger charge is 2.52. The molecular formula is C25H36N2O4Si. The van der Waals surface area contributed by atoms with Crippen LogP contribution in [-0.4, -0.2) is 43.1 Å². The number of nitrogens with zero attached hydrogens (tertiary/aromatic N) is 2. The molecule has 2 heterocycles. The Labute approximate surface area is 193 Å². The first-order valence-electron chi connectivity index (χ1n) is 11.3. The number of piperidine rings is 1. The maximum Gasteiger partial charge on any atom is 0.407 e. The van der Waals surface area contributed by atoms with Crippen LogP contribution in [0.3, 0.4) is 0 Å². The van der Waals surface area contributed by atoms with Crippen molar-refractivity contribution in [2.24, 2.45) is 5.41 Å². The zero-order chi connectivity index (χ0) is 24.1. The lowest BCUT2D eigenvalue weighted by molar-refractivity contribution is 0.0160. The summed E-state index contributed by atoms with van der Waals surface area (Å²) in [7, 11) is -2.22. The van der Waals surface area contributed by atoms with E-state index in [1.54, 1.807) is 6.07 Å². The van der Waals surface area contributed by atoms with Crippen LogP contribution in [0.15, 0.2) is 23.8 Å². The highest BCUT2D eigenvalue weighted by molar-refractivity contribution is 6.74. The molecule has 1 N–H and O–H groups in total. The van der Waals surface area contributed by atoms with Gasteiger partial charge in [0.15, 0.2) is 0 Å². The lowest BCUT2D eigenvalue weighted by Crippen LogP contribution is -2.54. The third kappa shape index (κ3) is 4.25. The molecule has 0 unspecified atom stereocenters. The number of likely N-dealkylation sites (tertiary alicyclic amines) is 1. The lowest BCUT2D eigenvalue weighted by Gasteiger charge is -2.51. The van der Waals surface area contributed by atoms with E-state index in [1.807, 2.05) is 12.1 Å². The number of carbonyl (C=O) groups is 1. The predicted octanol–water partition coefficient (Wildman–Crippen LogP) is 6.24. The minimum atomic E-state index is -2.22. The third-order valence-electron chi connectivity index (χ3n) is 7.10. The molecule has 1 saturated heterocycles. The maximum atomic E-state index is 11.6. The van der Waals surface area contributed by atoms with Gasteiger partial charge in [-0.25, -0.2) is 4.79 Å². The number of benzene rings is 1. The van der Waals surface area contributed by atoms with E-state index in [-0.39, 0.29) is 10.5 Å². The van der Waals surface area contributed by atoms with Gasteiger partial charge in [-0.2, -0.15) is 5.26 Å². The van der Waals surface area contributed by atoms with Crippen molar-refractivity contribution < 1.29 is 19.1 Å². The van der Waals surface area contributed by atoms with Crippen LogP contribution < -0.4 is 4.74 Å². The van der Waals surface area contributed by atoms with Gasteiger partial charge in [0.25, 0.3) is 8.32 Å². The molecule has 0 bridgehead atoms. The SMILES string of the molecule is CC(C)(C)C1=C(O[Si](C)(C)C(C)(C)C)c2cc(C#N)ccc2OC12CCN(C(=O)O)CC2. The second-order valence-corrected chi connectivity index (χ2v) is 16.2. The van der Waals surface area contributed by atoms with E-state index in [9.17, 15) is 15.2 Å². The third-order valence-corrected chi connectivity index (χ3v) is 11.4. The molecule has 1 fully saturated rings. The molecule has 0 aromatic heterocycles.